The summed E-state index contributed by atoms with van der Waals surface area (Å²) in [5.41, 5.74) is 2.00. The Morgan fingerprint density at radius 2 is 1.50 bits per heavy atom. The number of hydrogen-bond acceptors (Lipinski definition) is 6. The first kappa shape index (κ1) is 27.6. The molecular weight excluding hydrogens is 478 g/mol. The maximum atomic E-state index is 13.2. The third-order valence-electron chi connectivity index (χ3n) is 6.33. The quantitative estimate of drug-likeness (QED) is 0.347. The Morgan fingerprint density at radius 1 is 0.944 bits per heavy atom. The van der Waals surface area contributed by atoms with Gasteiger partial charge in [-0.1, -0.05) is 45.0 Å². The number of nitrogens with zero attached hydrogens (tertiary/aromatic N) is 3. The van der Waals surface area contributed by atoms with Crippen molar-refractivity contribution < 1.29 is 23.1 Å². The van der Waals surface area contributed by atoms with Gasteiger partial charge in [-0.3, -0.25) is 9.59 Å². The van der Waals surface area contributed by atoms with Gasteiger partial charge < -0.3 is 14.9 Å². The Morgan fingerprint density at radius 3 is 1.97 bits per heavy atom. The van der Waals surface area contributed by atoms with E-state index in [9.17, 15) is 23.1 Å². The Labute approximate surface area is 213 Å². The highest BCUT2D eigenvalue weighted by Crippen LogP contribution is 2.40. The van der Waals surface area contributed by atoms with Gasteiger partial charge in [0.15, 0.2) is 0 Å². The summed E-state index contributed by atoms with van der Waals surface area (Å²) >= 11 is 0. The molecule has 0 aromatic heterocycles. The zero-order valence-electron chi connectivity index (χ0n) is 21.9. The highest BCUT2D eigenvalue weighted by molar-refractivity contribution is 7.89. The van der Waals surface area contributed by atoms with Crippen LogP contribution in [0.1, 0.15) is 43.5 Å². The third-order valence-corrected chi connectivity index (χ3v) is 8.16. The van der Waals surface area contributed by atoms with Crippen LogP contribution >= 0.6 is 0 Å². The molecule has 8 nitrogen and oxygen atoms in total. The van der Waals surface area contributed by atoms with Gasteiger partial charge in [-0.15, -0.1) is 0 Å². The van der Waals surface area contributed by atoms with E-state index in [2.05, 4.69) is 20.8 Å². The van der Waals surface area contributed by atoms with Crippen LogP contribution in [0.3, 0.4) is 0 Å². The van der Waals surface area contributed by atoms with Gasteiger partial charge in [-0.05, 0) is 54.9 Å². The molecule has 1 aliphatic heterocycles. The molecule has 0 saturated carbocycles. The van der Waals surface area contributed by atoms with Gasteiger partial charge in [-0.2, -0.15) is 0 Å². The number of likely N-dealkylation sites (N-methyl/N-ethyl adjacent to an activating group) is 1. The zero-order chi connectivity index (χ0) is 27.0. The predicted molar refractivity (Wildman–Crippen MR) is 140 cm³/mol. The van der Waals surface area contributed by atoms with Gasteiger partial charge in [0.05, 0.1) is 16.5 Å². The van der Waals surface area contributed by atoms with Gasteiger partial charge in [0.25, 0.3) is 11.7 Å². The second-order valence-corrected chi connectivity index (χ2v) is 12.6. The Balaban J connectivity index is 2.13. The van der Waals surface area contributed by atoms with E-state index in [1.54, 1.807) is 0 Å². The van der Waals surface area contributed by atoms with Crippen molar-refractivity contribution in [1.82, 2.24) is 14.1 Å². The molecule has 0 spiro atoms. The topological polar surface area (TPSA) is 98.2 Å². The molecule has 0 bridgehead atoms. The first-order valence-corrected chi connectivity index (χ1v) is 13.2. The molecule has 9 heteroatoms. The van der Waals surface area contributed by atoms with E-state index in [0.29, 0.717) is 18.7 Å². The second kappa shape index (κ2) is 10.2. The number of carbonyl (C=O) groups is 2. The van der Waals surface area contributed by atoms with E-state index < -0.39 is 27.8 Å². The summed E-state index contributed by atoms with van der Waals surface area (Å²) in [6.07, 6.45) is 0. The zero-order valence-corrected chi connectivity index (χ0v) is 22.8. The number of rotatable bonds is 7. The first-order valence-electron chi connectivity index (χ1n) is 11.7. The number of benzene rings is 2. The Hall–Kier alpha value is -3.01. The molecule has 1 unspecified atom stereocenters. The van der Waals surface area contributed by atoms with Crippen LogP contribution in [-0.2, 0) is 25.0 Å². The van der Waals surface area contributed by atoms with Crippen LogP contribution in [0.25, 0.3) is 5.76 Å². The molecule has 3 rings (SSSR count). The van der Waals surface area contributed by atoms with Crippen LogP contribution in [0.4, 0.5) is 0 Å². The van der Waals surface area contributed by atoms with E-state index in [1.165, 1.54) is 43.3 Å². The van der Waals surface area contributed by atoms with Gasteiger partial charge in [0.1, 0.15) is 5.76 Å². The number of ketones is 1. The molecule has 1 saturated heterocycles. The van der Waals surface area contributed by atoms with Gasteiger partial charge in [0, 0.05) is 32.7 Å². The highest BCUT2D eigenvalue weighted by atomic mass is 32.2. The monoisotopic (exact) mass is 513 g/mol. The number of carbonyl (C=O) groups excluding carboxylic acids is 2. The fourth-order valence-corrected chi connectivity index (χ4v) is 4.98. The van der Waals surface area contributed by atoms with Crippen LogP contribution in [0, 0.1) is 0 Å². The van der Waals surface area contributed by atoms with E-state index in [4.69, 9.17) is 0 Å². The van der Waals surface area contributed by atoms with E-state index >= 15 is 0 Å². The smallest absolute Gasteiger partial charge is 0.295 e. The largest absolute Gasteiger partial charge is 0.507 e. The standard InChI is InChI=1S/C27H35N3O5S/c1-27(2,3)20-12-8-18(9-13-20)23-22(25(32)26(33)30(23)17-16-28(4)5)24(31)19-10-14-21(15-11-19)36(34,35)29(6)7/h8-15,23,31H,16-17H2,1-7H3. The number of aliphatic hydroxyl groups excluding tert-OH is 1. The first-order chi connectivity index (χ1) is 16.7. The van der Waals surface area contributed by atoms with Gasteiger partial charge in [0.2, 0.25) is 10.0 Å². The van der Waals surface area contributed by atoms with Crippen molar-refractivity contribution in [1.29, 1.82) is 0 Å². The van der Waals surface area contributed by atoms with Gasteiger partial charge in [-0.25, -0.2) is 12.7 Å². The number of amides is 1. The van der Waals surface area contributed by atoms with Gasteiger partial charge >= 0.3 is 0 Å². The molecule has 2 aromatic carbocycles. The summed E-state index contributed by atoms with van der Waals surface area (Å²) in [5, 5.41) is 11.2. The molecule has 1 amide bonds. The molecule has 36 heavy (non-hydrogen) atoms. The summed E-state index contributed by atoms with van der Waals surface area (Å²) in [6, 6.07) is 12.6. The van der Waals surface area contributed by atoms with Crippen molar-refractivity contribution >= 4 is 27.5 Å². The molecule has 2 aromatic rings. The van der Waals surface area contributed by atoms with Crippen LogP contribution in [0.2, 0.25) is 0 Å². The van der Waals surface area contributed by atoms with Crippen LogP contribution in [0.15, 0.2) is 59.0 Å². The van der Waals surface area contributed by atoms with Crippen molar-refractivity contribution in [3.8, 4) is 0 Å². The number of Topliss-reactive ketones (excluding diaryl/α,β-unsaturated/α-hetero) is 1. The van der Waals surface area contributed by atoms with E-state index in [-0.39, 0.29) is 27.2 Å². The molecule has 1 N–H and O–H groups in total. The molecule has 1 atom stereocenters. The summed E-state index contributed by atoms with van der Waals surface area (Å²) in [7, 11) is 2.98. The molecule has 0 aliphatic carbocycles. The number of hydrogen-bond donors (Lipinski definition) is 1. The van der Waals surface area contributed by atoms with Crippen molar-refractivity contribution in [2.45, 2.75) is 37.1 Å². The summed E-state index contributed by atoms with van der Waals surface area (Å²) < 4.78 is 25.9. The number of aliphatic hydroxyl groups is 1. The molecule has 0 radical (unpaired) electrons. The fourth-order valence-electron chi connectivity index (χ4n) is 4.08. The summed E-state index contributed by atoms with van der Waals surface area (Å²) in [4.78, 5) is 29.7. The van der Waals surface area contributed by atoms with Crippen molar-refractivity contribution in [2.24, 2.45) is 0 Å². The van der Waals surface area contributed by atoms with Crippen LogP contribution in [-0.4, -0.2) is 80.6 Å². The van der Waals surface area contributed by atoms with Crippen LogP contribution in [0.5, 0.6) is 0 Å². The minimum Gasteiger partial charge on any atom is -0.507 e. The lowest BCUT2D eigenvalue weighted by Gasteiger charge is -2.27. The summed E-state index contributed by atoms with van der Waals surface area (Å²) in [5.74, 6) is -1.77. The Kier molecular flexibility index (Phi) is 7.78. The van der Waals surface area contributed by atoms with Crippen molar-refractivity contribution in [2.75, 3.05) is 41.3 Å². The third kappa shape index (κ3) is 5.38. The van der Waals surface area contributed by atoms with Crippen molar-refractivity contribution in [3.05, 3.63) is 70.8 Å². The molecule has 1 heterocycles. The average molecular weight is 514 g/mol. The number of likely N-dealkylation sites (tertiary alicyclic amines) is 1. The lowest BCUT2D eigenvalue weighted by Crippen LogP contribution is -2.35. The maximum Gasteiger partial charge on any atom is 0.295 e. The molecular formula is C27H35N3O5S. The highest BCUT2D eigenvalue weighted by Gasteiger charge is 2.46. The molecule has 194 valence electrons. The van der Waals surface area contributed by atoms with E-state index in [0.717, 1.165) is 9.87 Å². The average Bonchev–Trinajstić information content (AvgIpc) is 3.06. The SMILES string of the molecule is CN(C)CCN1C(=O)C(=O)C(=C(O)c2ccc(S(=O)(=O)N(C)C)cc2)C1c1ccc(C(C)(C)C)cc1. The Bertz CT molecular complexity index is 1270. The van der Waals surface area contributed by atoms with Crippen LogP contribution < -0.4 is 0 Å². The maximum absolute atomic E-state index is 13.2. The normalized spacial score (nSPS) is 18.5. The predicted octanol–water partition coefficient (Wildman–Crippen LogP) is 3.22. The molecule has 1 fully saturated rings. The lowest BCUT2D eigenvalue weighted by molar-refractivity contribution is -0.140. The van der Waals surface area contributed by atoms with Crippen molar-refractivity contribution in [3.63, 3.8) is 0 Å². The minimum absolute atomic E-state index is 0.00881. The summed E-state index contributed by atoms with van der Waals surface area (Å²) in [6.45, 7) is 7.16. The minimum atomic E-state index is -3.65. The lowest BCUT2D eigenvalue weighted by atomic mass is 9.85. The number of sulfonamides is 1. The van der Waals surface area contributed by atoms with E-state index in [1.807, 2.05) is 43.3 Å². The molecule has 1 aliphatic rings. The fraction of sp³-hybridized carbons (Fsp3) is 0.407. The second-order valence-electron chi connectivity index (χ2n) is 10.5.